The predicted molar refractivity (Wildman–Crippen MR) is 198 cm³/mol. The molecule has 4 aromatic carbocycles. The zero-order chi connectivity index (χ0) is 37.0. The maximum Gasteiger partial charge on any atom is 0.161 e. The van der Waals surface area contributed by atoms with Gasteiger partial charge in [-0.05, 0) is 95.1 Å². The Hall–Kier alpha value is -7.34. The molecule has 2 heterocycles. The Bertz CT molecular complexity index is 2100. The molecule has 0 saturated heterocycles. The van der Waals surface area contributed by atoms with E-state index in [-0.39, 0.29) is 34.5 Å². The summed E-state index contributed by atoms with van der Waals surface area (Å²) in [6.45, 7) is 0. The first-order valence-corrected chi connectivity index (χ1v) is 15.5. The average Bonchev–Trinajstić information content (AvgIpc) is 3.81. The molecule has 0 fully saturated rings. The Morgan fingerprint density at radius 1 is 0.404 bits per heavy atom. The molecule has 0 spiro atoms. The molecule has 0 bridgehead atoms. The van der Waals surface area contributed by atoms with Crippen LogP contribution in [0.5, 0.6) is 46.0 Å². The third kappa shape index (κ3) is 9.86. The van der Waals surface area contributed by atoms with E-state index >= 15 is 0 Å². The molecule has 52 heavy (non-hydrogen) atoms. The highest BCUT2D eigenvalue weighted by molar-refractivity contribution is 5.74. The lowest BCUT2D eigenvalue weighted by atomic mass is 10.1. The summed E-state index contributed by atoms with van der Waals surface area (Å²) in [6, 6.07) is 22.6. The minimum Gasteiger partial charge on any atom is -0.504 e. The second-order valence-corrected chi connectivity index (χ2v) is 11.0. The van der Waals surface area contributed by atoms with E-state index in [1.54, 1.807) is 97.1 Å². The molecule has 2 aromatic heterocycles. The second kappa shape index (κ2) is 16.9. The van der Waals surface area contributed by atoms with E-state index in [4.69, 9.17) is 18.5 Å². The van der Waals surface area contributed by atoms with Gasteiger partial charge in [-0.2, -0.15) is 0 Å². The number of methoxy groups -OCH3 is 2. The van der Waals surface area contributed by atoms with Crippen LogP contribution < -0.4 is 9.47 Å². The van der Waals surface area contributed by atoms with Gasteiger partial charge in [0.1, 0.15) is 11.4 Å². The van der Waals surface area contributed by atoms with Crippen molar-refractivity contribution < 1.29 is 49.2 Å². The summed E-state index contributed by atoms with van der Waals surface area (Å²) in [5.41, 5.74) is 4.36. The van der Waals surface area contributed by atoms with E-state index in [1.807, 2.05) is 12.2 Å². The van der Waals surface area contributed by atoms with Crippen molar-refractivity contribution in [2.45, 2.75) is 0 Å². The lowest BCUT2D eigenvalue weighted by Crippen LogP contribution is -1.84. The standard InChI is InChI=1S/2C20H17NO5/c1-25-20-11-14(5-9-18(20)23)2-6-15-12-16(26-21-15)7-3-13-4-8-17(22)19(24)10-13;1-25-20-11-14(5-9-18(20)23)3-7-16-12-15(21-26-16)6-2-13-4-8-17(22)19(24)10-13/h2*2-12,22-24H,1H3/b2*6-2+,7-3+. The predicted octanol–water partition coefficient (Wildman–Crippen LogP) is 8.28. The minimum absolute atomic E-state index is 0.0806. The molecule has 6 N–H and O–H groups in total. The number of benzene rings is 4. The fraction of sp³-hybridized carbons (Fsp3) is 0.0500. The molecule has 0 unspecified atom stereocenters. The number of phenols is 6. The van der Waals surface area contributed by atoms with Gasteiger partial charge in [0.05, 0.1) is 14.2 Å². The lowest BCUT2D eigenvalue weighted by Gasteiger charge is -2.03. The van der Waals surface area contributed by atoms with Crippen molar-refractivity contribution in [3.05, 3.63) is 130 Å². The first-order valence-electron chi connectivity index (χ1n) is 15.5. The summed E-state index contributed by atoms with van der Waals surface area (Å²) >= 11 is 0. The van der Waals surface area contributed by atoms with Crippen LogP contribution in [0.15, 0.2) is 94.0 Å². The number of ether oxygens (including phenoxy) is 2. The summed E-state index contributed by atoms with van der Waals surface area (Å²) in [4.78, 5) is 0. The van der Waals surface area contributed by atoms with Crippen LogP contribution >= 0.6 is 0 Å². The van der Waals surface area contributed by atoms with Gasteiger partial charge in [-0.1, -0.05) is 58.9 Å². The molecule has 0 radical (unpaired) electrons. The SMILES string of the molecule is COc1cc(/C=C/c2cc(/C=C/c3ccc(O)c(O)c3)no2)ccc1O.COc1cc(/C=C/c2cc(/C=C/c3ccc(O)c(O)c3)on2)ccc1O. The Kier molecular flexibility index (Phi) is 11.7. The second-order valence-electron chi connectivity index (χ2n) is 11.0. The minimum atomic E-state index is -0.183. The van der Waals surface area contributed by atoms with Gasteiger partial charge < -0.3 is 49.2 Å². The van der Waals surface area contributed by atoms with Crippen molar-refractivity contribution >= 4 is 48.6 Å². The molecule has 12 heteroatoms. The molecule has 0 atom stereocenters. The molecule has 0 aliphatic heterocycles. The van der Waals surface area contributed by atoms with Gasteiger partial charge in [0.25, 0.3) is 0 Å². The number of rotatable bonds is 10. The smallest absolute Gasteiger partial charge is 0.161 e. The summed E-state index contributed by atoms with van der Waals surface area (Å²) in [5, 5.41) is 64.7. The van der Waals surface area contributed by atoms with Crippen LogP contribution in [0.3, 0.4) is 0 Å². The zero-order valence-electron chi connectivity index (χ0n) is 27.9. The van der Waals surface area contributed by atoms with Gasteiger partial charge in [0, 0.05) is 12.1 Å². The fourth-order valence-electron chi connectivity index (χ4n) is 4.53. The molecule has 6 aromatic rings. The van der Waals surface area contributed by atoms with Crippen molar-refractivity contribution in [1.82, 2.24) is 10.3 Å². The van der Waals surface area contributed by atoms with Crippen molar-refractivity contribution in [3.8, 4) is 46.0 Å². The first kappa shape index (κ1) is 36.0. The van der Waals surface area contributed by atoms with E-state index in [2.05, 4.69) is 10.3 Å². The highest BCUT2D eigenvalue weighted by Gasteiger charge is 2.05. The number of hydrogen-bond acceptors (Lipinski definition) is 12. The van der Waals surface area contributed by atoms with Crippen LogP contribution in [0.25, 0.3) is 48.6 Å². The number of nitrogens with zero attached hydrogens (tertiary/aromatic N) is 2. The van der Waals surface area contributed by atoms with Gasteiger partial charge in [0.15, 0.2) is 57.5 Å². The maximum atomic E-state index is 9.60. The monoisotopic (exact) mass is 702 g/mol. The molecular weight excluding hydrogens is 668 g/mol. The summed E-state index contributed by atoms with van der Waals surface area (Å²) in [7, 11) is 2.98. The van der Waals surface area contributed by atoms with E-state index in [9.17, 15) is 30.6 Å². The highest BCUT2D eigenvalue weighted by atomic mass is 16.5. The number of phenolic OH excluding ortho intramolecular Hbond substituents is 6. The van der Waals surface area contributed by atoms with Crippen LogP contribution in [0, 0.1) is 0 Å². The van der Waals surface area contributed by atoms with Crippen molar-refractivity contribution in [2.75, 3.05) is 14.2 Å². The number of aromatic nitrogens is 2. The molecule has 0 aliphatic carbocycles. The molecule has 12 nitrogen and oxygen atoms in total. The van der Waals surface area contributed by atoms with Gasteiger partial charge in [-0.3, -0.25) is 0 Å². The van der Waals surface area contributed by atoms with E-state index in [1.165, 1.54) is 38.5 Å². The van der Waals surface area contributed by atoms with Crippen LogP contribution in [0.1, 0.15) is 45.2 Å². The van der Waals surface area contributed by atoms with Crippen LogP contribution in [-0.2, 0) is 0 Å². The largest absolute Gasteiger partial charge is 0.504 e. The van der Waals surface area contributed by atoms with Crippen molar-refractivity contribution in [3.63, 3.8) is 0 Å². The average molecular weight is 703 g/mol. The molecule has 0 amide bonds. The maximum absolute atomic E-state index is 9.60. The van der Waals surface area contributed by atoms with E-state index < -0.39 is 0 Å². The third-order valence-corrected chi connectivity index (χ3v) is 7.27. The third-order valence-electron chi connectivity index (χ3n) is 7.27. The normalized spacial score (nSPS) is 11.4. The Morgan fingerprint density at radius 3 is 1.12 bits per heavy atom. The van der Waals surface area contributed by atoms with Crippen molar-refractivity contribution in [2.24, 2.45) is 0 Å². The van der Waals surface area contributed by atoms with Crippen LogP contribution in [-0.4, -0.2) is 55.2 Å². The summed E-state index contributed by atoms with van der Waals surface area (Å²) in [6.07, 6.45) is 14.1. The van der Waals surface area contributed by atoms with Gasteiger partial charge >= 0.3 is 0 Å². The fourth-order valence-corrected chi connectivity index (χ4v) is 4.53. The quantitative estimate of drug-likeness (QED) is 0.0750. The van der Waals surface area contributed by atoms with Crippen molar-refractivity contribution in [1.29, 1.82) is 0 Å². The Morgan fingerprint density at radius 2 is 0.750 bits per heavy atom. The zero-order valence-corrected chi connectivity index (χ0v) is 27.9. The highest BCUT2D eigenvalue weighted by Crippen LogP contribution is 2.29. The lowest BCUT2D eigenvalue weighted by molar-refractivity contribution is 0.373. The molecule has 0 saturated carbocycles. The molecule has 6 rings (SSSR count). The number of aromatic hydroxyl groups is 6. The molecular formula is C40H34N2O10. The Balaban J connectivity index is 0.000000201. The molecule has 0 aliphatic rings. The first-order chi connectivity index (χ1) is 25.1. The van der Waals surface area contributed by atoms with E-state index in [0.29, 0.717) is 40.0 Å². The Labute approximate surface area is 298 Å². The summed E-state index contributed by atoms with van der Waals surface area (Å²) in [5.74, 6) is 1.36. The van der Waals surface area contributed by atoms with Crippen LogP contribution in [0.2, 0.25) is 0 Å². The van der Waals surface area contributed by atoms with Crippen LogP contribution in [0.4, 0.5) is 0 Å². The van der Waals surface area contributed by atoms with Gasteiger partial charge in [0.2, 0.25) is 0 Å². The topological polar surface area (TPSA) is 192 Å². The number of hydrogen-bond donors (Lipinski definition) is 6. The van der Waals surface area contributed by atoms with E-state index in [0.717, 1.165) is 16.7 Å². The molecule has 264 valence electrons. The van der Waals surface area contributed by atoms with Gasteiger partial charge in [-0.15, -0.1) is 0 Å². The van der Waals surface area contributed by atoms with Gasteiger partial charge in [-0.25, -0.2) is 0 Å². The summed E-state index contributed by atoms with van der Waals surface area (Å²) < 4.78 is 20.6.